The lowest BCUT2D eigenvalue weighted by Crippen LogP contribution is -1.99. The van der Waals surface area contributed by atoms with E-state index in [-0.39, 0.29) is 0 Å². The molecule has 0 aliphatic heterocycles. The molecular weight excluding hydrogens is 246 g/mol. The highest BCUT2D eigenvalue weighted by Crippen LogP contribution is 2.28. The molecule has 0 fully saturated rings. The Bertz CT molecular complexity index is 566. The summed E-state index contributed by atoms with van der Waals surface area (Å²) in [7, 11) is 0. The van der Waals surface area contributed by atoms with Crippen LogP contribution < -0.4 is 10.5 Å². The van der Waals surface area contributed by atoms with Crippen molar-refractivity contribution >= 4 is 11.6 Å². The van der Waals surface area contributed by atoms with Gasteiger partial charge >= 0.3 is 0 Å². The molecule has 0 aliphatic rings. The van der Waals surface area contributed by atoms with Crippen molar-refractivity contribution in [1.29, 1.82) is 0 Å². The van der Waals surface area contributed by atoms with Gasteiger partial charge in [0.2, 0.25) is 0 Å². The highest BCUT2D eigenvalue weighted by molar-refractivity contribution is 6.30. The first-order valence-corrected chi connectivity index (χ1v) is 6.21. The smallest absolute Gasteiger partial charge is 0.131 e. The average molecular weight is 262 g/mol. The van der Waals surface area contributed by atoms with Crippen molar-refractivity contribution in [3.05, 3.63) is 58.1 Å². The highest BCUT2D eigenvalue weighted by Gasteiger charge is 2.04. The van der Waals surface area contributed by atoms with Gasteiger partial charge in [-0.3, -0.25) is 0 Å². The molecule has 0 bridgehead atoms. The first kappa shape index (κ1) is 12.9. The zero-order valence-electron chi connectivity index (χ0n) is 10.5. The SMILES string of the molecule is Cc1cc(Oc2cc(Cl)ccc2C)ccc1CN. The summed E-state index contributed by atoms with van der Waals surface area (Å²) in [6.07, 6.45) is 0. The molecule has 0 aromatic heterocycles. The van der Waals surface area contributed by atoms with E-state index in [1.54, 1.807) is 0 Å². The Balaban J connectivity index is 2.28. The first-order valence-electron chi connectivity index (χ1n) is 5.84. The maximum absolute atomic E-state index is 5.97. The van der Waals surface area contributed by atoms with Crippen LogP contribution in [0.4, 0.5) is 0 Å². The molecule has 2 rings (SSSR count). The summed E-state index contributed by atoms with van der Waals surface area (Å²) in [5, 5.41) is 0.672. The lowest BCUT2D eigenvalue weighted by Gasteiger charge is -2.11. The van der Waals surface area contributed by atoms with E-state index in [0.29, 0.717) is 11.6 Å². The molecule has 0 heterocycles. The molecule has 0 radical (unpaired) electrons. The Labute approximate surface area is 112 Å². The zero-order valence-corrected chi connectivity index (χ0v) is 11.3. The van der Waals surface area contributed by atoms with E-state index in [0.717, 1.165) is 28.2 Å². The van der Waals surface area contributed by atoms with Crippen molar-refractivity contribution in [1.82, 2.24) is 0 Å². The van der Waals surface area contributed by atoms with Crippen LogP contribution in [0.3, 0.4) is 0 Å². The monoisotopic (exact) mass is 261 g/mol. The molecule has 3 heteroatoms. The van der Waals surface area contributed by atoms with Crippen LogP contribution in [0.2, 0.25) is 5.02 Å². The Morgan fingerprint density at radius 3 is 2.50 bits per heavy atom. The van der Waals surface area contributed by atoms with Crippen LogP contribution in [0.1, 0.15) is 16.7 Å². The van der Waals surface area contributed by atoms with Gasteiger partial charge in [0, 0.05) is 11.6 Å². The van der Waals surface area contributed by atoms with Crippen LogP contribution in [0.5, 0.6) is 11.5 Å². The number of rotatable bonds is 3. The molecule has 0 spiro atoms. The van der Waals surface area contributed by atoms with Crippen molar-refractivity contribution in [3.63, 3.8) is 0 Å². The maximum atomic E-state index is 5.97. The van der Waals surface area contributed by atoms with Gasteiger partial charge in [-0.2, -0.15) is 0 Å². The molecule has 2 N–H and O–H groups in total. The highest BCUT2D eigenvalue weighted by atomic mass is 35.5. The van der Waals surface area contributed by atoms with E-state index in [1.807, 2.05) is 50.2 Å². The van der Waals surface area contributed by atoms with Crippen LogP contribution >= 0.6 is 11.6 Å². The molecule has 0 saturated heterocycles. The average Bonchev–Trinajstić information content (AvgIpc) is 2.34. The molecule has 0 amide bonds. The second-order valence-electron chi connectivity index (χ2n) is 4.30. The van der Waals surface area contributed by atoms with Crippen LogP contribution in [0, 0.1) is 13.8 Å². The van der Waals surface area contributed by atoms with Crippen molar-refractivity contribution in [2.75, 3.05) is 0 Å². The van der Waals surface area contributed by atoms with Crippen LogP contribution in [-0.4, -0.2) is 0 Å². The molecule has 0 unspecified atom stereocenters. The molecule has 18 heavy (non-hydrogen) atoms. The van der Waals surface area contributed by atoms with Gasteiger partial charge < -0.3 is 10.5 Å². The lowest BCUT2D eigenvalue weighted by atomic mass is 10.1. The van der Waals surface area contributed by atoms with E-state index in [2.05, 4.69) is 0 Å². The number of halogens is 1. The fourth-order valence-electron chi connectivity index (χ4n) is 1.77. The van der Waals surface area contributed by atoms with E-state index in [9.17, 15) is 0 Å². The summed E-state index contributed by atoms with van der Waals surface area (Å²) in [5.74, 6) is 1.58. The topological polar surface area (TPSA) is 35.2 Å². The van der Waals surface area contributed by atoms with Gasteiger partial charge in [-0.25, -0.2) is 0 Å². The quantitative estimate of drug-likeness (QED) is 0.898. The number of hydrogen-bond acceptors (Lipinski definition) is 2. The fraction of sp³-hybridized carbons (Fsp3) is 0.200. The standard InChI is InChI=1S/C15H16ClNO/c1-10-3-5-13(16)8-15(10)18-14-6-4-12(9-17)11(2)7-14/h3-8H,9,17H2,1-2H3. The minimum atomic E-state index is 0.544. The molecule has 0 atom stereocenters. The summed E-state index contributed by atoms with van der Waals surface area (Å²) in [5.41, 5.74) is 8.96. The third kappa shape index (κ3) is 2.84. The largest absolute Gasteiger partial charge is 0.457 e. The summed E-state index contributed by atoms with van der Waals surface area (Å²) >= 11 is 5.97. The Hall–Kier alpha value is -1.51. The van der Waals surface area contributed by atoms with Gasteiger partial charge in [0.15, 0.2) is 0 Å². The first-order chi connectivity index (χ1) is 8.60. The summed E-state index contributed by atoms with van der Waals surface area (Å²) < 4.78 is 5.85. The number of nitrogens with two attached hydrogens (primary N) is 1. The summed E-state index contributed by atoms with van der Waals surface area (Å²) in [6.45, 7) is 4.56. The fourth-order valence-corrected chi connectivity index (χ4v) is 1.93. The Morgan fingerprint density at radius 2 is 1.83 bits per heavy atom. The Kier molecular flexibility index (Phi) is 3.90. The van der Waals surface area contributed by atoms with Crippen molar-refractivity contribution < 1.29 is 4.74 Å². The molecule has 0 saturated carbocycles. The van der Waals surface area contributed by atoms with Crippen molar-refractivity contribution in [3.8, 4) is 11.5 Å². The number of hydrogen-bond donors (Lipinski definition) is 1. The third-order valence-electron chi connectivity index (χ3n) is 2.91. The van der Waals surface area contributed by atoms with E-state index in [4.69, 9.17) is 22.1 Å². The van der Waals surface area contributed by atoms with Gasteiger partial charge in [-0.15, -0.1) is 0 Å². The molecule has 2 aromatic rings. The van der Waals surface area contributed by atoms with Gasteiger partial charge in [0.25, 0.3) is 0 Å². The second-order valence-corrected chi connectivity index (χ2v) is 4.74. The van der Waals surface area contributed by atoms with Crippen LogP contribution in [0.15, 0.2) is 36.4 Å². The normalized spacial score (nSPS) is 10.4. The van der Waals surface area contributed by atoms with E-state index < -0.39 is 0 Å². The molecule has 94 valence electrons. The van der Waals surface area contributed by atoms with Gasteiger partial charge in [-0.05, 0) is 54.8 Å². The molecular formula is C15H16ClNO. The van der Waals surface area contributed by atoms with Crippen molar-refractivity contribution in [2.24, 2.45) is 5.73 Å². The minimum Gasteiger partial charge on any atom is -0.457 e. The molecule has 2 nitrogen and oxygen atoms in total. The summed E-state index contributed by atoms with van der Waals surface area (Å²) in [6, 6.07) is 11.5. The number of aryl methyl sites for hydroxylation is 2. The Morgan fingerprint density at radius 1 is 1.06 bits per heavy atom. The number of ether oxygens (including phenoxy) is 1. The predicted octanol–water partition coefficient (Wildman–Crippen LogP) is 4.21. The maximum Gasteiger partial charge on any atom is 0.131 e. The van der Waals surface area contributed by atoms with E-state index in [1.165, 1.54) is 0 Å². The summed E-state index contributed by atoms with van der Waals surface area (Å²) in [4.78, 5) is 0. The minimum absolute atomic E-state index is 0.544. The lowest BCUT2D eigenvalue weighted by molar-refractivity contribution is 0.478. The van der Waals surface area contributed by atoms with Gasteiger partial charge in [0.1, 0.15) is 11.5 Å². The predicted molar refractivity (Wildman–Crippen MR) is 75.3 cm³/mol. The zero-order chi connectivity index (χ0) is 13.1. The van der Waals surface area contributed by atoms with Gasteiger partial charge in [-0.1, -0.05) is 23.7 Å². The van der Waals surface area contributed by atoms with Crippen LogP contribution in [0.25, 0.3) is 0 Å². The van der Waals surface area contributed by atoms with E-state index >= 15 is 0 Å². The van der Waals surface area contributed by atoms with Crippen molar-refractivity contribution in [2.45, 2.75) is 20.4 Å². The van der Waals surface area contributed by atoms with Crippen LogP contribution in [-0.2, 0) is 6.54 Å². The van der Waals surface area contributed by atoms with Gasteiger partial charge in [0.05, 0.1) is 0 Å². The number of benzene rings is 2. The third-order valence-corrected chi connectivity index (χ3v) is 3.15. The molecule has 2 aromatic carbocycles. The second kappa shape index (κ2) is 5.42. The molecule has 0 aliphatic carbocycles.